The van der Waals surface area contributed by atoms with Crippen LogP contribution in [0.1, 0.15) is 52.4 Å². The number of piperidine rings is 1. The molecule has 0 unspecified atom stereocenters. The average Bonchev–Trinajstić information content (AvgIpc) is 2.28. The van der Waals surface area contributed by atoms with E-state index < -0.39 is 5.92 Å². The van der Waals surface area contributed by atoms with Crippen molar-refractivity contribution in [2.24, 2.45) is 0 Å². The lowest BCUT2D eigenvalue weighted by atomic mass is 9.89. The molecule has 2 rings (SSSR count). The molecule has 0 aromatic carbocycles. The second kappa shape index (κ2) is 5.83. The topological polar surface area (TPSA) is 12.5 Å². The molecular formula is C14H25F2NO. The number of halogens is 2. The van der Waals surface area contributed by atoms with Crippen molar-refractivity contribution in [3.63, 3.8) is 0 Å². The SMILES string of the molecule is CC(C)OC1CCN([C@H]2CCCC(F)(F)C2)CC1. The molecule has 0 spiro atoms. The van der Waals surface area contributed by atoms with Crippen molar-refractivity contribution < 1.29 is 13.5 Å². The number of alkyl halides is 2. The Morgan fingerprint density at radius 1 is 1.17 bits per heavy atom. The molecule has 2 fully saturated rings. The van der Waals surface area contributed by atoms with Crippen molar-refractivity contribution in [2.75, 3.05) is 13.1 Å². The summed E-state index contributed by atoms with van der Waals surface area (Å²) in [5.41, 5.74) is 0. The first-order valence-electron chi connectivity index (χ1n) is 7.23. The molecule has 4 heteroatoms. The Bertz CT molecular complexity index is 263. The summed E-state index contributed by atoms with van der Waals surface area (Å²) in [7, 11) is 0. The van der Waals surface area contributed by atoms with Crippen LogP contribution >= 0.6 is 0 Å². The van der Waals surface area contributed by atoms with Gasteiger partial charge in [0.05, 0.1) is 12.2 Å². The predicted molar refractivity (Wildman–Crippen MR) is 68.0 cm³/mol. The highest BCUT2D eigenvalue weighted by Gasteiger charge is 2.39. The first-order valence-corrected chi connectivity index (χ1v) is 7.23. The molecule has 1 atom stereocenters. The summed E-state index contributed by atoms with van der Waals surface area (Å²) >= 11 is 0. The van der Waals surface area contributed by atoms with Gasteiger partial charge in [-0.25, -0.2) is 8.78 Å². The Morgan fingerprint density at radius 3 is 2.39 bits per heavy atom. The van der Waals surface area contributed by atoms with Crippen LogP contribution in [-0.2, 0) is 4.74 Å². The molecule has 0 aromatic rings. The van der Waals surface area contributed by atoms with Crippen molar-refractivity contribution in [3.05, 3.63) is 0 Å². The Balaban J connectivity index is 1.79. The molecule has 1 saturated carbocycles. The summed E-state index contributed by atoms with van der Waals surface area (Å²) in [5.74, 6) is -2.44. The number of likely N-dealkylation sites (tertiary alicyclic amines) is 1. The molecule has 2 nitrogen and oxygen atoms in total. The lowest BCUT2D eigenvalue weighted by molar-refractivity contribution is -0.0790. The summed E-state index contributed by atoms with van der Waals surface area (Å²) in [5, 5.41) is 0. The van der Waals surface area contributed by atoms with Gasteiger partial charge >= 0.3 is 0 Å². The number of ether oxygens (including phenoxy) is 1. The molecule has 1 aliphatic carbocycles. The van der Waals surface area contributed by atoms with Crippen molar-refractivity contribution in [1.82, 2.24) is 4.90 Å². The third kappa shape index (κ3) is 3.89. The van der Waals surface area contributed by atoms with E-state index in [1.54, 1.807) is 0 Å². The molecule has 1 aliphatic heterocycles. The maximum atomic E-state index is 13.4. The van der Waals surface area contributed by atoms with E-state index in [2.05, 4.69) is 4.90 Å². The lowest BCUT2D eigenvalue weighted by Crippen LogP contribution is -2.47. The molecule has 106 valence electrons. The molecular weight excluding hydrogens is 236 g/mol. The van der Waals surface area contributed by atoms with Gasteiger partial charge in [0, 0.05) is 32.0 Å². The van der Waals surface area contributed by atoms with Crippen molar-refractivity contribution in [1.29, 1.82) is 0 Å². The van der Waals surface area contributed by atoms with E-state index in [1.807, 2.05) is 13.8 Å². The van der Waals surface area contributed by atoms with E-state index >= 15 is 0 Å². The quantitative estimate of drug-likeness (QED) is 0.771. The molecule has 0 aromatic heterocycles. The van der Waals surface area contributed by atoms with E-state index in [-0.39, 0.29) is 25.0 Å². The first-order chi connectivity index (χ1) is 8.46. The van der Waals surface area contributed by atoms with E-state index in [1.165, 1.54) is 0 Å². The highest BCUT2D eigenvalue weighted by Crippen LogP contribution is 2.36. The summed E-state index contributed by atoms with van der Waals surface area (Å²) in [4.78, 5) is 2.26. The fraction of sp³-hybridized carbons (Fsp3) is 1.00. The van der Waals surface area contributed by atoms with Gasteiger partial charge in [0.15, 0.2) is 0 Å². The Labute approximate surface area is 109 Å². The third-order valence-corrected chi connectivity index (χ3v) is 4.07. The second-order valence-corrected chi connectivity index (χ2v) is 6.03. The minimum absolute atomic E-state index is 0.0582. The Kier molecular flexibility index (Phi) is 4.59. The van der Waals surface area contributed by atoms with Crippen LogP contribution in [-0.4, -0.2) is 42.2 Å². The highest BCUT2D eigenvalue weighted by atomic mass is 19.3. The van der Waals surface area contributed by atoms with E-state index in [0.29, 0.717) is 12.5 Å². The van der Waals surface area contributed by atoms with Crippen LogP contribution in [0.3, 0.4) is 0 Å². The van der Waals surface area contributed by atoms with E-state index in [4.69, 9.17) is 4.74 Å². The van der Waals surface area contributed by atoms with Crippen LogP contribution in [0.25, 0.3) is 0 Å². The monoisotopic (exact) mass is 261 g/mol. The van der Waals surface area contributed by atoms with Gasteiger partial charge in [0.1, 0.15) is 0 Å². The van der Waals surface area contributed by atoms with Crippen LogP contribution in [0, 0.1) is 0 Å². The van der Waals surface area contributed by atoms with Crippen LogP contribution in [0.15, 0.2) is 0 Å². The molecule has 0 bridgehead atoms. The molecule has 1 saturated heterocycles. The molecule has 2 aliphatic rings. The Morgan fingerprint density at radius 2 is 1.83 bits per heavy atom. The summed E-state index contributed by atoms with van der Waals surface area (Å²) in [6.07, 6.45) is 4.30. The maximum absolute atomic E-state index is 13.4. The van der Waals surface area contributed by atoms with Gasteiger partial charge in [-0.15, -0.1) is 0 Å². The zero-order chi connectivity index (χ0) is 13.2. The summed E-state index contributed by atoms with van der Waals surface area (Å²) < 4.78 is 32.6. The van der Waals surface area contributed by atoms with Gasteiger partial charge < -0.3 is 4.74 Å². The van der Waals surface area contributed by atoms with Gasteiger partial charge in [0.2, 0.25) is 5.92 Å². The molecule has 18 heavy (non-hydrogen) atoms. The second-order valence-electron chi connectivity index (χ2n) is 6.03. The van der Waals surface area contributed by atoms with Crippen molar-refractivity contribution in [2.45, 2.75) is 76.5 Å². The van der Waals surface area contributed by atoms with E-state index in [0.717, 1.165) is 32.4 Å². The zero-order valence-corrected chi connectivity index (χ0v) is 11.5. The first kappa shape index (κ1) is 14.2. The molecule has 1 heterocycles. The minimum Gasteiger partial charge on any atom is -0.375 e. The zero-order valence-electron chi connectivity index (χ0n) is 11.5. The maximum Gasteiger partial charge on any atom is 0.249 e. The number of hydrogen-bond acceptors (Lipinski definition) is 2. The van der Waals surface area contributed by atoms with E-state index in [9.17, 15) is 8.78 Å². The summed E-state index contributed by atoms with van der Waals surface area (Å²) in [6, 6.07) is 0.0914. The van der Waals surface area contributed by atoms with Crippen molar-refractivity contribution in [3.8, 4) is 0 Å². The van der Waals surface area contributed by atoms with Crippen LogP contribution in [0.5, 0.6) is 0 Å². The predicted octanol–water partition coefficient (Wildman–Crippen LogP) is 3.45. The highest BCUT2D eigenvalue weighted by molar-refractivity contribution is 4.87. The number of nitrogens with zero attached hydrogens (tertiary/aromatic N) is 1. The number of hydrogen-bond donors (Lipinski definition) is 0. The number of rotatable bonds is 3. The van der Waals surface area contributed by atoms with Gasteiger partial charge in [-0.05, 0) is 39.5 Å². The minimum atomic E-state index is -2.44. The largest absolute Gasteiger partial charge is 0.375 e. The lowest BCUT2D eigenvalue weighted by Gasteiger charge is -2.41. The fourth-order valence-electron chi connectivity index (χ4n) is 3.22. The molecule has 0 radical (unpaired) electrons. The van der Waals surface area contributed by atoms with Gasteiger partial charge in [-0.3, -0.25) is 4.90 Å². The van der Waals surface area contributed by atoms with Crippen molar-refractivity contribution >= 4 is 0 Å². The van der Waals surface area contributed by atoms with Crippen LogP contribution in [0.4, 0.5) is 8.78 Å². The normalized spacial score (nSPS) is 30.8. The smallest absolute Gasteiger partial charge is 0.249 e. The Hall–Kier alpha value is -0.220. The fourth-order valence-corrected chi connectivity index (χ4v) is 3.22. The van der Waals surface area contributed by atoms with Gasteiger partial charge in [-0.1, -0.05) is 0 Å². The average molecular weight is 261 g/mol. The third-order valence-electron chi connectivity index (χ3n) is 4.07. The molecule has 0 amide bonds. The summed E-state index contributed by atoms with van der Waals surface area (Å²) in [6.45, 7) is 5.93. The van der Waals surface area contributed by atoms with Gasteiger partial charge in [0.25, 0.3) is 0 Å². The standard InChI is InChI=1S/C14H25F2NO/c1-11(2)18-13-5-8-17(9-6-13)12-4-3-7-14(15,16)10-12/h11-13H,3-10H2,1-2H3/t12-/m0/s1. The van der Waals surface area contributed by atoms with Crippen LogP contribution < -0.4 is 0 Å². The molecule has 0 N–H and O–H groups in total. The van der Waals surface area contributed by atoms with Crippen LogP contribution in [0.2, 0.25) is 0 Å². The van der Waals surface area contributed by atoms with Gasteiger partial charge in [-0.2, -0.15) is 0 Å².